The van der Waals surface area contributed by atoms with Crippen molar-refractivity contribution in [3.63, 3.8) is 0 Å². The molecule has 0 saturated carbocycles. The predicted octanol–water partition coefficient (Wildman–Crippen LogP) is 4.02. The van der Waals surface area contributed by atoms with Crippen molar-refractivity contribution in [1.82, 2.24) is 4.98 Å². The van der Waals surface area contributed by atoms with Crippen molar-refractivity contribution >= 4 is 16.8 Å². The number of aryl methyl sites for hydroxylation is 2. The quantitative estimate of drug-likeness (QED) is 0.520. The summed E-state index contributed by atoms with van der Waals surface area (Å²) in [5.74, 6) is 0.488. The molecule has 0 atom stereocenters. The molecule has 0 fully saturated rings. The summed E-state index contributed by atoms with van der Waals surface area (Å²) in [6, 6.07) is 10.4. The number of fused-ring (bicyclic) bond motifs is 1. The standard InChI is InChI=1S/C15H12N2O3/c1-9-4-3-5-13-14(9)20-15(16-13)12-7-6-11(17(18)19)8-10(12)2/h3-8H,1-2H3. The van der Waals surface area contributed by atoms with E-state index in [2.05, 4.69) is 4.98 Å². The number of non-ortho nitro benzene ring substituents is 1. The van der Waals surface area contributed by atoms with Crippen LogP contribution in [0.4, 0.5) is 5.69 Å². The van der Waals surface area contributed by atoms with Crippen molar-refractivity contribution in [2.75, 3.05) is 0 Å². The molecule has 0 aliphatic carbocycles. The fourth-order valence-corrected chi connectivity index (χ4v) is 2.20. The lowest BCUT2D eigenvalue weighted by Crippen LogP contribution is -1.90. The highest BCUT2D eigenvalue weighted by atomic mass is 16.6. The Kier molecular flexibility index (Phi) is 2.75. The zero-order valence-corrected chi connectivity index (χ0v) is 11.1. The van der Waals surface area contributed by atoms with Crippen LogP contribution in [0.25, 0.3) is 22.6 Å². The van der Waals surface area contributed by atoms with Crippen LogP contribution in [0.1, 0.15) is 11.1 Å². The molecule has 5 heteroatoms. The minimum atomic E-state index is -0.410. The summed E-state index contributed by atoms with van der Waals surface area (Å²) in [7, 11) is 0. The normalized spacial score (nSPS) is 10.9. The highest BCUT2D eigenvalue weighted by Crippen LogP contribution is 2.30. The number of benzene rings is 2. The molecule has 3 aromatic rings. The number of para-hydroxylation sites is 1. The van der Waals surface area contributed by atoms with Gasteiger partial charge in [-0.15, -0.1) is 0 Å². The van der Waals surface area contributed by atoms with Gasteiger partial charge in [-0.25, -0.2) is 4.98 Å². The van der Waals surface area contributed by atoms with Crippen LogP contribution in [0.5, 0.6) is 0 Å². The van der Waals surface area contributed by atoms with Crippen molar-refractivity contribution in [3.8, 4) is 11.5 Å². The molecule has 1 heterocycles. The molecule has 100 valence electrons. The van der Waals surface area contributed by atoms with Crippen LogP contribution < -0.4 is 0 Å². The molecule has 0 saturated heterocycles. The van der Waals surface area contributed by atoms with Crippen LogP contribution in [0.15, 0.2) is 40.8 Å². The van der Waals surface area contributed by atoms with Gasteiger partial charge in [0.25, 0.3) is 5.69 Å². The molecule has 3 rings (SSSR count). The lowest BCUT2D eigenvalue weighted by atomic mass is 10.1. The number of hydrogen-bond acceptors (Lipinski definition) is 4. The Labute approximate surface area is 115 Å². The molecule has 2 aromatic carbocycles. The minimum absolute atomic E-state index is 0.0681. The summed E-state index contributed by atoms with van der Waals surface area (Å²) < 4.78 is 5.79. The average Bonchev–Trinajstić information content (AvgIpc) is 2.83. The molecule has 0 unspecified atom stereocenters. The number of oxazole rings is 1. The van der Waals surface area contributed by atoms with Crippen LogP contribution >= 0.6 is 0 Å². The second kappa shape index (κ2) is 4.45. The SMILES string of the molecule is Cc1cc([N+](=O)[O-])ccc1-c1nc2cccc(C)c2o1. The summed E-state index contributed by atoms with van der Waals surface area (Å²) >= 11 is 0. The number of nitrogens with zero attached hydrogens (tertiary/aromatic N) is 2. The van der Waals surface area contributed by atoms with Gasteiger partial charge in [0.15, 0.2) is 5.58 Å². The predicted molar refractivity (Wildman–Crippen MR) is 75.6 cm³/mol. The summed E-state index contributed by atoms with van der Waals surface area (Å²) in [6.07, 6.45) is 0. The number of rotatable bonds is 2. The minimum Gasteiger partial charge on any atom is -0.436 e. The van der Waals surface area contributed by atoms with Crippen LogP contribution in [0.3, 0.4) is 0 Å². The maximum absolute atomic E-state index is 10.8. The Morgan fingerprint density at radius 1 is 1.15 bits per heavy atom. The molecule has 20 heavy (non-hydrogen) atoms. The van der Waals surface area contributed by atoms with E-state index in [1.807, 2.05) is 32.0 Å². The smallest absolute Gasteiger partial charge is 0.269 e. The van der Waals surface area contributed by atoms with Gasteiger partial charge in [0.1, 0.15) is 5.52 Å². The van der Waals surface area contributed by atoms with Gasteiger partial charge >= 0.3 is 0 Å². The molecular formula is C15H12N2O3. The number of nitro groups is 1. The average molecular weight is 268 g/mol. The van der Waals surface area contributed by atoms with E-state index in [1.165, 1.54) is 12.1 Å². The van der Waals surface area contributed by atoms with E-state index in [-0.39, 0.29) is 5.69 Å². The van der Waals surface area contributed by atoms with Gasteiger partial charge in [-0.1, -0.05) is 12.1 Å². The first kappa shape index (κ1) is 12.3. The second-order valence-electron chi connectivity index (χ2n) is 4.70. The number of nitro benzene ring substituents is 1. The second-order valence-corrected chi connectivity index (χ2v) is 4.70. The largest absolute Gasteiger partial charge is 0.436 e. The molecule has 0 aliphatic rings. The molecule has 0 spiro atoms. The van der Waals surface area contributed by atoms with Gasteiger partial charge in [-0.2, -0.15) is 0 Å². The van der Waals surface area contributed by atoms with Crippen LogP contribution in [0.2, 0.25) is 0 Å². The van der Waals surface area contributed by atoms with E-state index in [4.69, 9.17) is 4.42 Å². The van der Waals surface area contributed by atoms with Gasteiger partial charge in [-0.3, -0.25) is 10.1 Å². The van der Waals surface area contributed by atoms with Crippen molar-refractivity contribution in [3.05, 3.63) is 57.6 Å². The Morgan fingerprint density at radius 2 is 1.95 bits per heavy atom. The van der Waals surface area contributed by atoms with Crippen LogP contribution in [-0.2, 0) is 0 Å². The van der Waals surface area contributed by atoms with E-state index in [9.17, 15) is 10.1 Å². The maximum Gasteiger partial charge on any atom is 0.269 e. The van der Waals surface area contributed by atoms with Gasteiger partial charge in [0, 0.05) is 17.7 Å². The lowest BCUT2D eigenvalue weighted by Gasteiger charge is -2.00. The first-order valence-corrected chi connectivity index (χ1v) is 6.18. The van der Waals surface area contributed by atoms with E-state index in [0.29, 0.717) is 5.89 Å². The highest BCUT2D eigenvalue weighted by Gasteiger charge is 2.14. The molecule has 0 N–H and O–H groups in total. The Bertz CT molecular complexity index is 821. The fraction of sp³-hybridized carbons (Fsp3) is 0.133. The Hall–Kier alpha value is -2.69. The molecule has 1 aromatic heterocycles. The molecule has 0 radical (unpaired) electrons. The van der Waals surface area contributed by atoms with Gasteiger partial charge in [0.2, 0.25) is 5.89 Å². The third-order valence-corrected chi connectivity index (χ3v) is 3.26. The zero-order chi connectivity index (χ0) is 14.3. The highest BCUT2D eigenvalue weighted by molar-refractivity contribution is 5.79. The van der Waals surface area contributed by atoms with Crippen molar-refractivity contribution in [1.29, 1.82) is 0 Å². The first-order chi connectivity index (χ1) is 9.56. The van der Waals surface area contributed by atoms with Crippen LogP contribution in [0, 0.1) is 24.0 Å². The molecule has 0 aliphatic heterocycles. The Balaban J connectivity index is 2.16. The summed E-state index contributed by atoms with van der Waals surface area (Å²) in [4.78, 5) is 14.8. The molecule has 0 amide bonds. The Morgan fingerprint density at radius 3 is 2.60 bits per heavy atom. The van der Waals surface area contributed by atoms with E-state index in [1.54, 1.807) is 6.07 Å². The fourth-order valence-electron chi connectivity index (χ4n) is 2.20. The van der Waals surface area contributed by atoms with Crippen LogP contribution in [-0.4, -0.2) is 9.91 Å². The zero-order valence-electron chi connectivity index (χ0n) is 11.1. The summed E-state index contributed by atoms with van der Waals surface area (Å²) in [5, 5.41) is 10.8. The van der Waals surface area contributed by atoms with Crippen molar-refractivity contribution in [2.24, 2.45) is 0 Å². The topological polar surface area (TPSA) is 69.2 Å². The van der Waals surface area contributed by atoms with Gasteiger partial charge in [0.05, 0.1) is 4.92 Å². The lowest BCUT2D eigenvalue weighted by molar-refractivity contribution is -0.384. The molecular weight excluding hydrogens is 256 g/mol. The van der Waals surface area contributed by atoms with E-state index < -0.39 is 4.92 Å². The third kappa shape index (κ3) is 1.93. The van der Waals surface area contributed by atoms with E-state index in [0.717, 1.165) is 27.8 Å². The third-order valence-electron chi connectivity index (χ3n) is 3.26. The molecule has 0 bridgehead atoms. The molecule has 5 nitrogen and oxygen atoms in total. The number of aromatic nitrogens is 1. The monoisotopic (exact) mass is 268 g/mol. The van der Waals surface area contributed by atoms with Gasteiger partial charge in [-0.05, 0) is 37.1 Å². The summed E-state index contributed by atoms with van der Waals surface area (Å²) in [6.45, 7) is 3.77. The first-order valence-electron chi connectivity index (χ1n) is 6.18. The number of hydrogen-bond donors (Lipinski definition) is 0. The summed E-state index contributed by atoms with van der Waals surface area (Å²) in [5.41, 5.74) is 4.16. The van der Waals surface area contributed by atoms with E-state index >= 15 is 0 Å². The maximum atomic E-state index is 10.8. The van der Waals surface area contributed by atoms with Gasteiger partial charge < -0.3 is 4.42 Å². The van der Waals surface area contributed by atoms with Crippen molar-refractivity contribution < 1.29 is 9.34 Å². The van der Waals surface area contributed by atoms with Crippen molar-refractivity contribution in [2.45, 2.75) is 13.8 Å².